The van der Waals surface area contributed by atoms with E-state index in [-0.39, 0.29) is 0 Å². The van der Waals surface area contributed by atoms with Gasteiger partial charge in [0.05, 0.1) is 23.9 Å². The van der Waals surface area contributed by atoms with Gasteiger partial charge in [0.25, 0.3) is 0 Å². The van der Waals surface area contributed by atoms with Crippen LogP contribution >= 0.6 is 0 Å². The van der Waals surface area contributed by atoms with E-state index in [4.69, 9.17) is 9.72 Å². The molecule has 0 amide bonds. The standard InChI is InChI=1S/C24H16N4O/c1-29-22-10-3-2-7-16(22)19-12-21(20-14-27-24-18(20)9-5-11-26-24)28-23-15(13-25)6-4-8-17(19)23/h2-12,14H,1H3,(H,26,27). The topological polar surface area (TPSA) is 74.6 Å². The fraction of sp³-hybridized carbons (Fsp3) is 0.0417. The maximum absolute atomic E-state index is 9.66. The molecule has 0 atom stereocenters. The lowest BCUT2D eigenvalue weighted by atomic mass is 9.96. The molecular formula is C24H16N4O. The summed E-state index contributed by atoms with van der Waals surface area (Å²) < 4.78 is 5.60. The van der Waals surface area contributed by atoms with Gasteiger partial charge >= 0.3 is 0 Å². The van der Waals surface area contributed by atoms with Gasteiger partial charge in [-0.25, -0.2) is 9.97 Å². The minimum absolute atomic E-state index is 0.540. The summed E-state index contributed by atoms with van der Waals surface area (Å²) in [6.07, 6.45) is 3.66. The molecule has 0 fully saturated rings. The number of hydrogen-bond acceptors (Lipinski definition) is 4. The molecule has 0 saturated carbocycles. The minimum atomic E-state index is 0.540. The molecule has 5 nitrogen and oxygen atoms in total. The lowest BCUT2D eigenvalue weighted by Crippen LogP contribution is -1.94. The number of aromatic nitrogens is 3. The highest BCUT2D eigenvalue weighted by molar-refractivity contribution is 6.02. The van der Waals surface area contributed by atoms with Gasteiger partial charge in [-0.3, -0.25) is 0 Å². The Hall–Kier alpha value is -4.17. The number of ether oxygens (including phenoxy) is 1. The van der Waals surface area contributed by atoms with E-state index in [9.17, 15) is 5.26 Å². The van der Waals surface area contributed by atoms with Gasteiger partial charge in [-0.1, -0.05) is 30.3 Å². The van der Waals surface area contributed by atoms with Crippen LogP contribution in [0.25, 0.3) is 44.3 Å². The van der Waals surface area contributed by atoms with E-state index in [0.717, 1.165) is 44.6 Å². The number of nitriles is 1. The zero-order valence-corrected chi connectivity index (χ0v) is 15.7. The molecular weight excluding hydrogens is 360 g/mol. The molecule has 0 spiro atoms. The van der Waals surface area contributed by atoms with Crippen LogP contribution in [0.1, 0.15) is 5.56 Å². The Balaban J connectivity index is 1.89. The molecule has 5 heteroatoms. The number of pyridine rings is 2. The van der Waals surface area contributed by atoms with Crippen molar-refractivity contribution < 1.29 is 4.74 Å². The molecule has 0 bridgehead atoms. The van der Waals surface area contributed by atoms with Gasteiger partial charge in [-0.05, 0) is 35.9 Å². The third-order valence-corrected chi connectivity index (χ3v) is 5.08. The van der Waals surface area contributed by atoms with Crippen molar-refractivity contribution in [3.05, 3.63) is 78.6 Å². The Bertz CT molecular complexity index is 1410. The quantitative estimate of drug-likeness (QED) is 0.462. The van der Waals surface area contributed by atoms with Crippen molar-refractivity contribution in [1.82, 2.24) is 15.0 Å². The fourth-order valence-corrected chi connectivity index (χ4v) is 3.73. The monoisotopic (exact) mass is 376 g/mol. The summed E-state index contributed by atoms with van der Waals surface area (Å²) in [5, 5.41) is 11.6. The van der Waals surface area contributed by atoms with Gasteiger partial charge in [0.15, 0.2) is 0 Å². The number of nitrogens with one attached hydrogen (secondary N) is 1. The summed E-state index contributed by atoms with van der Waals surface area (Å²) in [5.74, 6) is 0.772. The van der Waals surface area contributed by atoms with E-state index in [1.807, 2.05) is 54.7 Å². The van der Waals surface area contributed by atoms with Crippen LogP contribution in [0.5, 0.6) is 5.75 Å². The number of aromatic amines is 1. The maximum Gasteiger partial charge on any atom is 0.137 e. The van der Waals surface area contributed by atoms with Crippen LogP contribution in [0.4, 0.5) is 0 Å². The second-order valence-corrected chi connectivity index (χ2v) is 6.67. The zero-order chi connectivity index (χ0) is 19.8. The van der Waals surface area contributed by atoms with E-state index in [0.29, 0.717) is 11.1 Å². The summed E-state index contributed by atoms with van der Waals surface area (Å²) in [5.41, 5.74) is 5.66. The highest BCUT2D eigenvalue weighted by atomic mass is 16.5. The Morgan fingerprint density at radius 3 is 2.66 bits per heavy atom. The smallest absolute Gasteiger partial charge is 0.137 e. The van der Waals surface area contributed by atoms with Crippen molar-refractivity contribution in [2.24, 2.45) is 0 Å². The van der Waals surface area contributed by atoms with Gasteiger partial charge in [0, 0.05) is 34.3 Å². The number of para-hydroxylation sites is 2. The number of fused-ring (bicyclic) bond motifs is 2. The predicted molar refractivity (Wildman–Crippen MR) is 114 cm³/mol. The summed E-state index contributed by atoms with van der Waals surface area (Å²) in [6, 6.07) is 21.8. The molecule has 0 aliphatic heterocycles. The molecule has 0 unspecified atom stereocenters. The zero-order valence-electron chi connectivity index (χ0n) is 15.7. The number of rotatable bonds is 3. The number of benzene rings is 2. The lowest BCUT2D eigenvalue weighted by Gasteiger charge is -2.13. The van der Waals surface area contributed by atoms with E-state index < -0.39 is 0 Å². The molecule has 138 valence electrons. The first-order chi connectivity index (χ1) is 14.3. The number of methoxy groups -OCH3 is 1. The number of H-pyrrole nitrogens is 1. The van der Waals surface area contributed by atoms with Crippen LogP contribution in [-0.4, -0.2) is 22.1 Å². The fourth-order valence-electron chi connectivity index (χ4n) is 3.73. The second-order valence-electron chi connectivity index (χ2n) is 6.67. The average Bonchev–Trinajstić information content (AvgIpc) is 3.22. The van der Waals surface area contributed by atoms with Gasteiger partial charge in [-0.2, -0.15) is 5.26 Å². The summed E-state index contributed by atoms with van der Waals surface area (Å²) in [4.78, 5) is 12.4. The SMILES string of the molecule is COc1ccccc1-c1cc(-c2c[nH]c3ncccc23)nc2c(C#N)cccc12. The average molecular weight is 376 g/mol. The molecule has 29 heavy (non-hydrogen) atoms. The predicted octanol–water partition coefficient (Wildman–Crippen LogP) is 5.33. The van der Waals surface area contributed by atoms with Gasteiger partial charge in [-0.15, -0.1) is 0 Å². The van der Waals surface area contributed by atoms with Crippen LogP contribution in [0, 0.1) is 11.3 Å². The molecule has 3 heterocycles. The molecule has 0 aliphatic rings. The van der Waals surface area contributed by atoms with Crippen molar-refractivity contribution in [3.8, 4) is 34.2 Å². The van der Waals surface area contributed by atoms with E-state index in [1.54, 1.807) is 19.4 Å². The Kier molecular flexibility index (Phi) is 3.96. The van der Waals surface area contributed by atoms with Crippen LogP contribution in [0.3, 0.4) is 0 Å². The molecule has 5 rings (SSSR count). The first kappa shape index (κ1) is 17.0. The van der Waals surface area contributed by atoms with Crippen molar-refractivity contribution >= 4 is 21.9 Å². The van der Waals surface area contributed by atoms with Crippen LogP contribution in [-0.2, 0) is 0 Å². The highest BCUT2D eigenvalue weighted by Crippen LogP contribution is 2.38. The van der Waals surface area contributed by atoms with Gasteiger partial charge in [0.1, 0.15) is 17.5 Å². The van der Waals surface area contributed by atoms with Crippen molar-refractivity contribution in [3.63, 3.8) is 0 Å². The lowest BCUT2D eigenvalue weighted by molar-refractivity contribution is 0.416. The van der Waals surface area contributed by atoms with Gasteiger partial charge in [0.2, 0.25) is 0 Å². The first-order valence-electron chi connectivity index (χ1n) is 9.20. The van der Waals surface area contributed by atoms with Crippen LogP contribution in [0.15, 0.2) is 73.1 Å². The summed E-state index contributed by atoms with van der Waals surface area (Å²) in [7, 11) is 1.66. The van der Waals surface area contributed by atoms with Crippen molar-refractivity contribution in [2.75, 3.05) is 7.11 Å². The van der Waals surface area contributed by atoms with E-state index in [2.05, 4.69) is 22.1 Å². The molecule has 2 aromatic carbocycles. The molecule has 1 N–H and O–H groups in total. The highest BCUT2D eigenvalue weighted by Gasteiger charge is 2.16. The maximum atomic E-state index is 9.66. The molecule has 0 saturated heterocycles. The van der Waals surface area contributed by atoms with Crippen LogP contribution in [0.2, 0.25) is 0 Å². The summed E-state index contributed by atoms with van der Waals surface area (Å²) >= 11 is 0. The minimum Gasteiger partial charge on any atom is -0.496 e. The third-order valence-electron chi connectivity index (χ3n) is 5.08. The molecule has 5 aromatic rings. The number of hydrogen-bond donors (Lipinski definition) is 1. The normalized spacial score (nSPS) is 10.9. The van der Waals surface area contributed by atoms with E-state index in [1.165, 1.54) is 0 Å². The Labute approximate surface area is 167 Å². The summed E-state index contributed by atoms with van der Waals surface area (Å²) in [6.45, 7) is 0. The number of nitrogens with zero attached hydrogens (tertiary/aromatic N) is 3. The van der Waals surface area contributed by atoms with E-state index >= 15 is 0 Å². The Morgan fingerprint density at radius 1 is 0.931 bits per heavy atom. The van der Waals surface area contributed by atoms with Crippen LogP contribution < -0.4 is 4.74 Å². The third kappa shape index (κ3) is 2.70. The molecule has 0 aliphatic carbocycles. The molecule has 3 aromatic heterocycles. The Morgan fingerprint density at radius 2 is 1.79 bits per heavy atom. The second kappa shape index (κ2) is 6.77. The largest absolute Gasteiger partial charge is 0.496 e. The van der Waals surface area contributed by atoms with Gasteiger partial charge < -0.3 is 9.72 Å². The van der Waals surface area contributed by atoms with Crippen molar-refractivity contribution in [1.29, 1.82) is 5.26 Å². The molecule has 0 radical (unpaired) electrons. The van der Waals surface area contributed by atoms with Crippen molar-refractivity contribution in [2.45, 2.75) is 0 Å². The first-order valence-corrected chi connectivity index (χ1v) is 9.20.